The van der Waals surface area contributed by atoms with Crippen molar-refractivity contribution in [3.63, 3.8) is 0 Å². The molecule has 6 heteroatoms. The molecule has 1 aromatic rings. The van der Waals surface area contributed by atoms with Gasteiger partial charge in [-0.3, -0.25) is 0 Å². The zero-order valence-corrected chi connectivity index (χ0v) is 8.43. The average Bonchev–Trinajstić information content (AvgIpc) is 2.02. The van der Waals surface area contributed by atoms with E-state index in [0.717, 1.165) is 0 Å². The monoisotopic (exact) mass is 269 g/mol. The third kappa shape index (κ3) is 2.70. The number of rotatable bonds is 2. The summed E-state index contributed by atoms with van der Waals surface area (Å²) >= 11 is 3.05. The SMILES string of the molecule is ONC(c1cccc(Br)c1)C(F)(F)F. The molecule has 0 heterocycles. The molecule has 2 N–H and O–H groups in total. The van der Waals surface area contributed by atoms with Crippen molar-refractivity contribution in [2.45, 2.75) is 12.2 Å². The van der Waals surface area contributed by atoms with Crippen molar-refractivity contribution < 1.29 is 18.4 Å². The summed E-state index contributed by atoms with van der Waals surface area (Å²) in [4.78, 5) is 0. The second kappa shape index (κ2) is 4.29. The summed E-state index contributed by atoms with van der Waals surface area (Å²) in [6, 6.07) is 3.59. The molecule has 1 rings (SSSR count). The minimum atomic E-state index is -4.52. The van der Waals surface area contributed by atoms with Gasteiger partial charge in [0.05, 0.1) is 0 Å². The van der Waals surface area contributed by atoms with Gasteiger partial charge in [0, 0.05) is 4.47 Å². The second-order valence-electron chi connectivity index (χ2n) is 2.66. The Balaban J connectivity index is 3.01. The number of hydrogen-bond acceptors (Lipinski definition) is 2. The maximum absolute atomic E-state index is 12.3. The van der Waals surface area contributed by atoms with E-state index >= 15 is 0 Å². The molecule has 0 bridgehead atoms. The van der Waals surface area contributed by atoms with Crippen molar-refractivity contribution in [3.8, 4) is 0 Å². The fourth-order valence-electron chi connectivity index (χ4n) is 1.02. The standard InChI is InChI=1S/C8H7BrF3NO/c9-6-3-1-2-5(4-6)7(13-14)8(10,11)12/h1-4,7,13-14H. The molecule has 0 fully saturated rings. The number of benzene rings is 1. The van der Waals surface area contributed by atoms with Gasteiger partial charge in [-0.1, -0.05) is 28.1 Å². The van der Waals surface area contributed by atoms with E-state index in [1.54, 1.807) is 6.07 Å². The third-order valence-electron chi connectivity index (χ3n) is 1.64. The van der Waals surface area contributed by atoms with E-state index in [1.165, 1.54) is 23.7 Å². The number of halogens is 4. The van der Waals surface area contributed by atoms with Gasteiger partial charge in [-0.15, -0.1) is 0 Å². The summed E-state index contributed by atoms with van der Waals surface area (Å²) < 4.78 is 37.4. The lowest BCUT2D eigenvalue weighted by Crippen LogP contribution is -2.31. The molecule has 2 nitrogen and oxygen atoms in total. The lowest BCUT2D eigenvalue weighted by molar-refractivity contribution is -0.178. The Bertz CT molecular complexity index is 316. The maximum atomic E-state index is 12.3. The molecule has 0 aliphatic heterocycles. The van der Waals surface area contributed by atoms with Crippen LogP contribution in [0.25, 0.3) is 0 Å². The van der Waals surface area contributed by atoms with E-state index < -0.39 is 12.2 Å². The molecule has 1 unspecified atom stereocenters. The van der Waals surface area contributed by atoms with Gasteiger partial charge in [-0.25, -0.2) is 0 Å². The van der Waals surface area contributed by atoms with Gasteiger partial charge < -0.3 is 5.21 Å². The lowest BCUT2D eigenvalue weighted by atomic mass is 10.1. The van der Waals surface area contributed by atoms with Gasteiger partial charge in [-0.2, -0.15) is 18.7 Å². The van der Waals surface area contributed by atoms with Gasteiger partial charge in [0.1, 0.15) is 0 Å². The molecule has 78 valence electrons. The first-order chi connectivity index (χ1) is 6.45. The van der Waals surface area contributed by atoms with Gasteiger partial charge >= 0.3 is 6.18 Å². The average molecular weight is 270 g/mol. The van der Waals surface area contributed by atoms with E-state index in [1.807, 2.05) is 0 Å². The van der Waals surface area contributed by atoms with Crippen molar-refractivity contribution in [1.82, 2.24) is 5.48 Å². The van der Waals surface area contributed by atoms with E-state index in [9.17, 15) is 13.2 Å². The zero-order valence-electron chi connectivity index (χ0n) is 6.85. The number of hydrogen-bond donors (Lipinski definition) is 2. The molecule has 0 spiro atoms. The molecular formula is C8H7BrF3NO. The predicted molar refractivity (Wildman–Crippen MR) is 47.9 cm³/mol. The Labute approximate surface area is 86.8 Å². The van der Waals surface area contributed by atoms with Crippen molar-refractivity contribution in [2.24, 2.45) is 0 Å². The summed E-state index contributed by atoms with van der Waals surface area (Å²) in [5, 5.41) is 8.42. The highest BCUT2D eigenvalue weighted by molar-refractivity contribution is 9.10. The van der Waals surface area contributed by atoms with Gasteiger partial charge in [0.25, 0.3) is 0 Å². The summed E-state index contributed by atoms with van der Waals surface area (Å²) in [6.45, 7) is 0. The lowest BCUT2D eigenvalue weighted by Gasteiger charge is -2.18. The number of alkyl halides is 3. The van der Waals surface area contributed by atoms with Crippen LogP contribution in [-0.2, 0) is 0 Å². The van der Waals surface area contributed by atoms with Gasteiger partial charge in [-0.05, 0) is 17.7 Å². The van der Waals surface area contributed by atoms with Crippen LogP contribution in [0, 0.1) is 0 Å². The predicted octanol–water partition coefficient (Wildman–Crippen LogP) is 3.03. The smallest absolute Gasteiger partial charge is 0.316 e. The zero-order chi connectivity index (χ0) is 10.8. The van der Waals surface area contributed by atoms with E-state index in [-0.39, 0.29) is 5.56 Å². The van der Waals surface area contributed by atoms with Crippen LogP contribution >= 0.6 is 15.9 Å². The quantitative estimate of drug-likeness (QED) is 0.809. The fraction of sp³-hybridized carbons (Fsp3) is 0.250. The van der Waals surface area contributed by atoms with E-state index in [0.29, 0.717) is 4.47 Å². The van der Waals surface area contributed by atoms with Crippen molar-refractivity contribution in [1.29, 1.82) is 0 Å². The van der Waals surface area contributed by atoms with Crippen LogP contribution < -0.4 is 5.48 Å². The van der Waals surface area contributed by atoms with Crippen molar-refractivity contribution >= 4 is 15.9 Å². The van der Waals surface area contributed by atoms with E-state index in [2.05, 4.69) is 15.9 Å². The second-order valence-corrected chi connectivity index (χ2v) is 3.57. The van der Waals surface area contributed by atoms with Crippen LogP contribution in [0.4, 0.5) is 13.2 Å². The molecule has 1 aromatic carbocycles. The minimum absolute atomic E-state index is 0.0469. The van der Waals surface area contributed by atoms with Crippen LogP contribution in [0.3, 0.4) is 0 Å². The minimum Gasteiger partial charge on any atom is -0.316 e. The number of hydroxylamine groups is 1. The van der Waals surface area contributed by atoms with Crippen LogP contribution in [0.2, 0.25) is 0 Å². The summed E-state index contributed by atoms with van der Waals surface area (Å²) in [6.07, 6.45) is -4.52. The Morgan fingerprint density at radius 3 is 2.43 bits per heavy atom. The highest BCUT2D eigenvalue weighted by Crippen LogP contribution is 2.32. The van der Waals surface area contributed by atoms with Crippen LogP contribution in [-0.4, -0.2) is 11.4 Å². The highest BCUT2D eigenvalue weighted by atomic mass is 79.9. The van der Waals surface area contributed by atoms with Crippen LogP contribution in [0.5, 0.6) is 0 Å². The Hall–Kier alpha value is -0.590. The van der Waals surface area contributed by atoms with Crippen molar-refractivity contribution in [3.05, 3.63) is 34.3 Å². The molecule has 0 aliphatic carbocycles. The summed E-state index contributed by atoms with van der Waals surface area (Å²) in [5.74, 6) is 0. The molecule has 0 saturated carbocycles. The Morgan fingerprint density at radius 1 is 1.36 bits per heavy atom. The summed E-state index contributed by atoms with van der Waals surface area (Å²) in [7, 11) is 0. The molecule has 1 atom stereocenters. The van der Waals surface area contributed by atoms with Crippen LogP contribution in [0.1, 0.15) is 11.6 Å². The first-order valence-electron chi connectivity index (χ1n) is 3.67. The maximum Gasteiger partial charge on any atom is 0.410 e. The molecule has 0 amide bonds. The van der Waals surface area contributed by atoms with Gasteiger partial charge in [0.15, 0.2) is 6.04 Å². The molecular weight excluding hydrogens is 263 g/mol. The van der Waals surface area contributed by atoms with Gasteiger partial charge in [0.2, 0.25) is 0 Å². The first-order valence-corrected chi connectivity index (χ1v) is 4.46. The largest absolute Gasteiger partial charge is 0.410 e. The molecule has 0 aromatic heterocycles. The first kappa shape index (κ1) is 11.5. The summed E-state index contributed by atoms with van der Waals surface area (Å²) in [5.41, 5.74) is 1.19. The third-order valence-corrected chi connectivity index (χ3v) is 2.13. The highest BCUT2D eigenvalue weighted by Gasteiger charge is 2.40. The fourth-order valence-corrected chi connectivity index (χ4v) is 1.44. The Morgan fingerprint density at radius 2 is 2.00 bits per heavy atom. The van der Waals surface area contributed by atoms with Crippen LogP contribution in [0.15, 0.2) is 28.7 Å². The molecule has 0 radical (unpaired) electrons. The molecule has 0 saturated heterocycles. The van der Waals surface area contributed by atoms with E-state index in [4.69, 9.17) is 5.21 Å². The van der Waals surface area contributed by atoms with Crippen molar-refractivity contribution in [2.75, 3.05) is 0 Å². The number of nitrogens with one attached hydrogen (secondary N) is 1. The topological polar surface area (TPSA) is 32.3 Å². The Kier molecular flexibility index (Phi) is 3.52. The molecule has 14 heavy (non-hydrogen) atoms. The normalized spacial score (nSPS) is 14.1. The molecule has 0 aliphatic rings.